The number of aryl methyl sites for hydroxylation is 1. The van der Waals surface area contributed by atoms with E-state index in [1.54, 1.807) is 12.1 Å². The van der Waals surface area contributed by atoms with Gasteiger partial charge in [0.05, 0.1) is 0 Å². The fourth-order valence-corrected chi connectivity index (χ4v) is 1.41. The lowest BCUT2D eigenvalue weighted by Crippen LogP contribution is -2.07. The number of furan rings is 1. The highest BCUT2D eigenvalue weighted by Crippen LogP contribution is 2.16. The lowest BCUT2D eigenvalue weighted by Gasteiger charge is -2.02. The van der Waals surface area contributed by atoms with Crippen LogP contribution in [0.3, 0.4) is 0 Å². The summed E-state index contributed by atoms with van der Waals surface area (Å²) in [6, 6.07) is 10.3. The predicted octanol–water partition coefficient (Wildman–Crippen LogP) is 2.64. The third kappa shape index (κ3) is 2.66. The second-order valence-corrected chi connectivity index (χ2v) is 3.59. The van der Waals surface area contributed by atoms with E-state index in [4.69, 9.17) is 14.9 Å². The van der Waals surface area contributed by atoms with Crippen molar-refractivity contribution < 1.29 is 13.9 Å². The van der Waals surface area contributed by atoms with Gasteiger partial charge in [0, 0.05) is 6.07 Å². The smallest absolute Gasteiger partial charge is 0.379 e. The second-order valence-electron chi connectivity index (χ2n) is 3.59. The van der Waals surface area contributed by atoms with Crippen LogP contribution in [-0.4, -0.2) is 5.97 Å². The van der Waals surface area contributed by atoms with E-state index in [1.807, 2.05) is 12.1 Å². The van der Waals surface area contributed by atoms with Crippen molar-refractivity contribution in [1.82, 2.24) is 0 Å². The number of esters is 1. The number of hydrogen-bond donors (Lipinski definition) is 1. The highest BCUT2D eigenvalue weighted by Gasteiger charge is 2.12. The van der Waals surface area contributed by atoms with Crippen LogP contribution in [0.2, 0.25) is 0 Å². The Hall–Kier alpha value is -2.23. The van der Waals surface area contributed by atoms with E-state index >= 15 is 0 Å². The normalized spacial score (nSPS) is 10.2. The molecule has 1 aromatic heterocycles. The fraction of sp³-hybridized carbons (Fsp3) is 0.154. The summed E-state index contributed by atoms with van der Waals surface area (Å²) in [6.45, 7) is 2.06. The minimum absolute atomic E-state index is 0.0991. The largest absolute Gasteiger partial charge is 0.434 e. The lowest BCUT2D eigenvalue weighted by molar-refractivity contribution is 0.0702. The van der Waals surface area contributed by atoms with Gasteiger partial charge in [-0.3, -0.25) is 0 Å². The summed E-state index contributed by atoms with van der Waals surface area (Å²) in [4.78, 5) is 11.6. The molecule has 0 spiro atoms. The standard InChI is InChI=1S/C13H13NO3/c1-2-9-3-5-10(6-4-9)16-13(15)11-7-8-12(14)17-11/h3-8H,2,14H2,1H3. The van der Waals surface area contributed by atoms with Crippen LogP contribution in [0.4, 0.5) is 5.88 Å². The van der Waals surface area contributed by atoms with Crippen molar-refractivity contribution in [3.8, 4) is 5.75 Å². The van der Waals surface area contributed by atoms with Gasteiger partial charge in [0.1, 0.15) is 5.75 Å². The predicted molar refractivity (Wildman–Crippen MR) is 63.9 cm³/mol. The number of ether oxygens (including phenoxy) is 1. The van der Waals surface area contributed by atoms with Gasteiger partial charge in [0.2, 0.25) is 5.76 Å². The Labute approximate surface area is 99.0 Å². The molecule has 4 nitrogen and oxygen atoms in total. The SMILES string of the molecule is CCc1ccc(OC(=O)c2ccc(N)o2)cc1. The van der Waals surface area contributed by atoms with Crippen molar-refractivity contribution in [2.75, 3.05) is 5.73 Å². The molecule has 2 aromatic rings. The number of carbonyl (C=O) groups excluding carboxylic acids is 1. The Balaban J connectivity index is 2.07. The molecule has 1 aromatic carbocycles. The molecule has 0 saturated carbocycles. The molecular formula is C13H13NO3. The van der Waals surface area contributed by atoms with Crippen LogP contribution < -0.4 is 10.5 Å². The molecule has 4 heteroatoms. The molecule has 0 aliphatic carbocycles. The maximum Gasteiger partial charge on any atom is 0.379 e. The van der Waals surface area contributed by atoms with Crippen molar-refractivity contribution in [2.45, 2.75) is 13.3 Å². The Morgan fingerprint density at radius 2 is 1.94 bits per heavy atom. The number of nitrogen functional groups attached to an aromatic ring is 1. The van der Waals surface area contributed by atoms with Crippen LogP contribution in [-0.2, 0) is 6.42 Å². The van der Waals surface area contributed by atoms with Gasteiger partial charge in [-0.25, -0.2) is 4.79 Å². The zero-order chi connectivity index (χ0) is 12.3. The zero-order valence-corrected chi connectivity index (χ0v) is 9.47. The topological polar surface area (TPSA) is 65.5 Å². The first kappa shape index (κ1) is 11.3. The van der Waals surface area contributed by atoms with E-state index in [0.29, 0.717) is 5.75 Å². The minimum Gasteiger partial charge on any atom is -0.434 e. The quantitative estimate of drug-likeness (QED) is 0.651. The van der Waals surface area contributed by atoms with E-state index in [-0.39, 0.29) is 11.6 Å². The first-order valence-corrected chi connectivity index (χ1v) is 5.35. The summed E-state index contributed by atoms with van der Waals surface area (Å²) in [6.07, 6.45) is 0.947. The van der Waals surface area contributed by atoms with Gasteiger partial charge in [-0.15, -0.1) is 0 Å². The van der Waals surface area contributed by atoms with Gasteiger partial charge >= 0.3 is 5.97 Å². The maximum absolute atomic E-state index is 11.6. The Morgan fingerprint density at radius 3 is 2.47 bits per heavy atom. The van der Waals surface area contributed by atoms with E-state index < -0.39 is 5.97 Å². The number of rotatable bonds is 3. The number of hydrogen-bond acceptors (Lipinski definition) is 4. The fourth-order valence-electron chi connectivity index (χ4n) is 1.41. The van der Waals surface area contributed by atoms with Crippen LogP contribution in [0.15, 0.2) is 40.8 Å². The second kappa shape index (κ2) is 4.74. The van der Waals surface area contributed by atoms with E-state index in [9.17, 15) is 4.79 Å². The Morgan fingerprint density at radius 1 is 1.24 bits per heavy atom. The number of benzene rings is 1. The van der Waals surface area contributed by atoms with Gasteiger partial charge in [0.15, 0.2) is 5.88 Å². The molecule has 0 bridgehead atoms. The molecule has 0 aliphatic heterocycles. The molecule has 0 atom stereocenters. The van der Waals surface area contributed by atoms with Gasteiger partial charge < -0.3 is 14.9 Å². The molecule has 17 heavy (non-hydrogen) atoms. The number of anilines is 1. The summed E-state index contributed by atoms with van der Waals surface area (Å²) in [5.41, 5.74) is 6.56. The van der Waals surface area contributed by atoms with E-state index in [2.05, 4.69) is 6.92 Å². The molecule has 0 unspecified atom stereocenters. The minimum atomic E-state index is -0.550. The number of nitrogens with two attached hydrogens (primary N) is 1. The molecule has 0 saturated heterocycles. The summed E-state index contributed by atoms with van der Waals surface area (Å²) in [5, 5.41) is 0. The highest BCUT2D eigenvalue weighted by molar-refractivity contribution is 5.88. The van der Waals surface area contributed by atoms with Crippen LogP contribution in [0.1, 0.15) is 23.0 Å². The van der Waals surface area contributed by atoms with Gasteiger partial charge in [-0.1, -0.05) is 19.1 Å². The molecule has 88 valence electrons. The van der Waals surface area contributed by atoms with Crippen molar-refractivity contribution in [3.63, 3.8) is 0 Å². The molecule has 2 N–H and O–H groups in total. The first-order valence-electron chi connectivity index (χ1n) is 5.35. The third-order valence-corrected chi connectivity index (χ3v) is 2.37. The zero-order valence-electron chi connectivity index (χ0n) is 9.47. The maximum atomic E-state index is 11.6. The third-order valence-electron chi connectivity index (χ3n) is 2.37. The van der Waals surface area contributed by atoms with Crippen molar-refractivity contribution >= 4 is 11.9 Å². The van der Waals surface area contributed by atoms with Crippen LogP contribution >= 0.6 is 0 Å². The van der Waals surface area contributed by atoms with Crippen molar-refractivity contribution in [2.24, 2.45) is 0 Å². The van der Waals surface area contributed by atoms with Crippen LogP contribution in [0.25, 0.3) is 0 Å². The monoisotopic (exact) mass is 231 g/mol. The molecule has 0 radical (unpaired) electrons. The molecule has 1 heterocycles. The Kier molecular flexibility index (Phi) is 3.14. The Bertz CT molecular complexity index is 514. The van der Waals surface area contributed by atoms with Gasteiger partial charge in [0.25, 0.3) is 0 Å². The first-order chi connectivity index (χ1) is 8.19. The molecule has 0 amide bonds. The van der Waals surface area contributed by atoms with Crippen molar-refractivity contribution in [3.05, 3.63) is 47.7 Å². The summed E-state index contributed by atoms with van der Waals surface area (Å²) < 4.78 is 10.1. The van der Waals surface area contributed by atoms with E-state index in [1.165, 1.54) is 17.7 Å². The average Bonchev–Trinajstić information content (AvgIpc) is 2.77. The lowest BCUT2D eigenvalue weighted by atomic mass is 10.2. The summed E-state index contributed by atoms with van der Waals surface area (Å²) in [5.74, 6) is 0.230. The average molecular weight is 231 g/mol. The molecule has 0 aliphatic rings. The highest BCUT2D eigenvalue weighted by atomic mass is 16.5. The number of carbonyl (C=O) groups is 1. The molecule has 0 fully saturated rings. The molecular weight excluding hydrogens is 218 g/mol. The summed E-state index contributed by atoms with van der Waals surface area (Å²) >= 11 is 0. The van der Waals surface area contributed by atoms with Gasteiger partial charge in [-0.2, -0.15) is 0 Å². The van der Waals surface area contributed by atoms with Crippen molar-refractivity contribution in [1.29, 1.82) is 0 Å². The van der Waals surface area contributed by atoms with Gasteiger partial charge in [-0.05, 0) is 30.2 Å². The van der Waals surface area contributed by atoms with E-state index in [0.717, 1.165) is 6.42 Å². The summed E-state index contributed by atoms with van der Waals surface area (Å²) in [7, 11) is 0. The van der Waals surface area contributed by atoms with Crippen LogP contribution in [0.5, 0.6) is 5.75 Å². The molecule has 2 rings (SSSR count). The van der Waals surface area contributed by atoms with Crippen LogP contribution in [0, 0.1) is 0 Å².